The Kier molecular flexibility index (Phi) is 540. The zero-order valence-corrected chi connectivity index (χ0v) is 11.6. The van der Waals surface area contributed by atoms with Crippen LogP contribution in [-0.4, -0.2) is 80.2 Å². The standard InChI is InChI=1S/2BF4.Fe.12H2O/c2*2-1(3,4)5;;;;;;;;;;;;;/h;;;12*1H2/q2*-1;+2;;;;;;;;;;;;. The van der Waals surface area contributed by atoms with Crippen molar-refractivity contribution in [3.05, 3.63) is 0 Å². The van der Waals surface area contributed by atoms with Crippen molar-refractivity contribution in [2.45, 2.75) is 0 Å². The summed E-state index contributed by atoms with van der Waals surface area (Å²) in [5.74, 6) is 0. The van der Waals surface area contributed by atoms with Gasteiger partial charge in [0.15, 0.2) is 0 Å². The van der Waals surface area contributed by atoms with Gasteiger partial charge in [-0.2, -0.15) is 0 Å². The quantitative estimate of drug-likeness (QED) is 0.247. The first kappa shape index (κ1) is 182. The van der Waals surface area contributed by atoms with Crippen molar-refractivity contribution in [2.75, 3.05) is 0 Å². The molecular weight excluding hydrogens is 421 g/mol. The summed E-state index contributed by atoms with van der Waals surface area (Å²) in [5.41, 5.74) is 0. The average molecular weight is 446 g/mol. The van der Waals surface area contributed by atoms with E-state index in [-0.39, 0.29) is 82.8 Å². The van der Waals surface area contributed by atoms with Gasteiger partial charge in [0.1, 0.15) is 0 Å². The summed E-state index contributed by atoms with van der Waals surface area (Å²) in [6, 6.07) is 0. The largest absolute Gasteiger partial charge is 2.00 e. The molecule has 0 atom stereocenters. The Bertz CT molecular complexity index is 78.0. The second-order valence-corrected chi connectivity index (χ2v) is 0.990. The zero-order valence-electron chi connectivity index (χ0n) is 10.5. The fourth-order valence-electron chi connectivity index (χ4n) is 0. The van der Waals surface area contributed by atoms with Crippen molar-refractivity contribution < 1.29 is 117 Å². The van der Waals surface area contributed by atoms with Crippen molar-refractivity contribution >= 4 is 14.5 Å². The Labute approximate surface area is 133 Å². The van der Waals surface area contributed by atoms with Crippen LogP contribution < -0.4 is 0 Å². The molecule has 23 heavy (non-hydrogen) atoms. The van der Waals surface area contributed by atoms with Crippen LogP contribution >= 0.6 is 0 Å². The van der Waals surface area contributed by atoms with Gasteiger partial charge in [0.2, 0.25) is 0 Å². The van der Waals surface area contributed by atoms with E-state index in [1.54, 1.807) is 0 Å². The van der Waals surface area contributed by atoms with Gasteiger partial charge in [-0.25, -0.2) is 0 Å². The Morgan fingerprint density at radius 1 is 0.261 bits per heavy atom. The Hall–Kier alpha value is -0.391. The molecule has 0 spiro atoms. The second kappa shape index (κ2) is 68.1. The Morgan fingerprint density at radius 2 is 0.261 bits per heavy atom. The first-order chi connectivity index (χ1) is 4.00. The molecule has 23 heteroatoms. The van der Waals surface area contributed by atoms with E-state index >= 15 is 0 Å². The second-order valence-electron chi connectivity index (χ2n) is 0.990. The third-order valence-corrected chi connectivity index (χ3v) is 0. The van der Waals surface area contributed by atoms with E-state index in [4.69, 9.17) is 0 Å². The molecule has 0 unspecified atom stereocenters. The molecule has 0 amide bonds. The van der Waals surface area contributed by atoms with Crippen LogP contribution in [0.25, 0.3) is 0 Å². The molecule has 0 aromatic carbocycles. The predicted octanol–water partition coefficient (Wildman–Crippen LogP) is -7.30. The third kappa shape index (κ3) is 54400. The molecule has 12 nitrogen and oxygen atoms in total. The molecule has 0 saturated carbocycles. The topological polar surface area (TPSA) is 378 Å². The van der Waals surface area contributed by atoms with E-state index in [1.165, 1.54) is 0 Å². The van der Waals surface area contributed by atoms with Crippen molar-refractivity contribution in [1.82, 2.24) is 0 Å². The minimum atomic E-state index is -6.00. The van der Waals surface area contributed by atoms with Gasteiger partial charge in [-0.3, -0.25) is 0 Å². The molecule has 0 aromatic heterocycles. The van der Waals surface area contributed by atoms with Crippen LogP contribution in [0.5, 0.6) is 0 Å². The molecule has 0 rings (SSSR count). The summed E-state index contributed by atoms with van der Waals surface area (Å²) in [6.45, 7) is 0. The monoisotopic (exact) mass is 446 g/mol. The van der Waals surface area contributed by atoms with Gasteiger partial charge in [-0.05, 0) is 0 Å². The summed E-state index contributed by atoms with van der Waals surface area (Å²) in [4.78, 5) is 0. The molecule has 0 aliphatic heterocycles. The maximum Gasteiger partial charge on any atom is 2.00 e. The van der Waals surface area contributed by atoms with E-state index in [1.807, 2.05) is 0 Å². The van der Waals surface area contributed by atoms with Crippen LogP contribution in [-0.2, 0) is 17.1 Å². The molecule has 0 heterocycles. The molecule has 24 N–H and O–H groups in total. The first-order valence-electron chi connectivity index (χ1n) is 1.75. The summed E-state index contributed by atoms with van der Waals surface area (Å²) < 4.78 is 78.0. The van der Waals surface area contributed by atoms with Crippen LogP contribution in [0.2, 0.25) is 0 Å². The van der Waals surface area contributed by atoms with E-state index in [9.17, 15) is 34.5 Å². The maximum atomic E-state index is 9.75. The fraction of sp³-hybridized carbons (Fsp3) is 0. The molecular formula is H24B2F8FeO12. The van der Waals surface area contributed by atoms with E-state index < -0.39 is 14.5 Å². The van der Waals surface area contributed by atoms with Crippen molar-refractivity contribution in [3.8, 4) is 0 Å². The Balaban J connectivity index is -0.00000000274. The van der Waals surface area contributed by atoms with Crippen LogP contribution in [0.15, 0.2) is 0 Å². The summed E-state index contributed by atoms with van der Waals surface area (Å²) in [6.07, 6.45) is 0. The molecule has 0 fully saturated rings. The molecule has 0 bridgehead atoms. The number of rotatable bonds is 0. The molecule has 0 saturated heterocycles. The summed E-state index contributed by atoms with van der Waals surface area (Å²) in [7, 11) is -12.0. The molecule has 0 aromatic rings. The van der Waals surface area contributed by atoms with Gasteiger partial charge in [0.25, 0.3) is 0 Å². The fourth-order valence-corrected chi connectivity index (χ4v) is 0. The van der Waals surface area contributed by atoms with Crippen LogP contribution in [0, 0.1) is 0 Å². The summed E-state index contributed by atoms with van der Waals surface area (Å²) in [5, 5.41) is 0. The third-order valence-electron chi connectivity index (χ3n) is 0. The maximum absolute atomic E-state index is 9.75. The van der Waals surface area contributed by atoms with Crippen molar-refractivity contribution in [1.29, 1.82) is 0 Å². The van der Waals surface area contributed by atoms with Gasteiger partial charge in [-0.15, -0.1) is 0 Å². The molecule has 0 aliphatic carbocycles. The van der Waals surface area contributed by atoms with Gasteiger partial charge in [0, 0.05) is 0 Å². The van der Waals surface area contributed by atoms with Crippen molar-refractivity contribution in [3.63, 3.8) is 0 Å². The SMILES string of the molecule is F[B-](F)(F)F.F[B-](F)(F)F.O.O.O.O.O.O.O.O.O.O.O.O.[Fe+2]. The van der Waals surface area contributed by atoms with Crippen LogP contribution in [0.4, 0.5) is 34.5 Å². The van der Waals surface area contributed by atoms with Gasteiger partial charge in [0.05, 0.1) is 0 Å². The molecule has 0 radical (unpaired) electrons. The Morgan fingerprint density at radius 3 is 0.261 bits per heavy atom. The first-order valence-corrected chi connectivity index (χ1v) is 1.75. The number of hydrogen-bond donors (Lipinski definition) is 0. The number of hydrogen-bond acceptors (Lipinski definition) is 0. The molecule has 0 aliphatic rings. The van der Waals surface area contributed by atoms with Gasteiger partial charge >= 0.3 is 31.6 Å². The normalized spacial score (nSPS) is 5.22. The van der Waals surface area contributed by atoms with Crippen LogP contribution in [0.1, 0.15) is 0 Å². The van der Waals surface area contributed by atoms with Crippen molar-refractivity contribution in [2.24, 2.45) is 0 Å². The summed E-state index contributed by atoms with van der Waals surface area (Å²) >= 11 is 0. The molecule has 166 valence electrons. The van der Waals surface area contributed by atoms with Gasteiger partial charge < -0.3 is 100 Å². The van der Waals surface area contributed by atoms with E-state index in [0.29, 0.717) is 0 Å². The minimum Gasteiger partial charge on any atom is -0.418 e. The van der Waals surface area contributed by atoms with E-state index in [2.05, 4.69) is 0 Å². The predicted molar refractivity (Wildman–Crippen MR) is 63.7 cm³/mol. The minimum absolute atomic E-state index is 0. The van der Waals surface area contributed by atoms with E-state index in [0.717, 1.165) is 0 Å². The zero-order chi connectivity index (χ0) is 9.00. The number of halogens is 8. The average Bonchev–Trinajstić information content (AvgIpc) is 1.12. The smallest absolute Gasteiger partial charge is 0.418 e. The van der Waals surface area contributed by atoms with Gasteiger partial charge in [-0.1, -0.05) is 0 Å². The van der Waals surface area contributed by atoms with Crippen LogP contribution in [0.3, 0.4) is 0 Å².